The maximum absolute atomic E-state index is 6.22. The number of benzene rings is 1. The molecule has 0 aromatic heterocycles. The first-order chi connectivity index (χ1) is 8.02. The molecule has 2 nitrogen and oxygen atoms in total. The Bertz CT molecular complexity index is 318. The van der Waals surface area contributed by atoms with Gasteiger partial charge in [0.05, 0.1) is 7.11 Å². The Labute approximate surface area is 105 Å². The van der Waals surface area contributed by atoms with E-state index in [-0.39, 0.29) is 6.04 Å². The number of rotatable bonds is 6. The van der Waals surface area contributed by atoms with Crippen molar-refractivity contribution in [1.29, 1.82) is 0 Å². The van der Waals surface area contributed by atoms with Gasteiger partial charge in [0.15, 0.2) is 0 Å². The maximum Gasteiger partial charge on any atom is 0.118 e. The van der Waals surface area contributed by atoms with E-state index in [1.807, 2.05) is 12.1 Å². The Balaban J connectivity index is 2.53. The van der Waals surface area contributed by atoms with E-state index in [2.05, 4.69) is 32.9 Å². The molecule has 0 amide bonds. The second-order valence-electron chi connectivity index (χ2n) is 5.35. The van der Waals surface area contributed by atoms with Crippen molar-refractivity contribution in [2.24, 2.45) is 17.6 Å². The molecule has 2 heteroatoms. The van der Waals surface area contributed by atoms with Crippen LogP contribution in [0.15, 0.2) is 24.3 Å². The van der Waals surface area contributed by atoms with Gasteiger partial charge in [0.25, 0.3) is 0 Å². The van der Waals surface area contributed by atoms with Crippen LogP contribution in [-0.2, 0) is 0 Å². The van der Waals surface area contributed by atoms with E-state index < -0.39 is 0 Å². The average molecular weight is 235 g/mol. The summed E-state index contributed by atoms with van der Waals surface area (Å²) in [6, 6.07) is 8.21. The molecule has 0 bridgehead atoms. The Hall–Kier alpha value is -1.02. The first-order valence-corrected chi connectivity index (χ1v) is 6.42. The molecule has 0 spiro atoms. The van der Waals surface area contributed by atoms with E-state index in [0.29, 0.717) is 5.92 Å². The molecule has 0 aliphatic rings. The number of hydrogen-bond acceptors (Lipinski definition) is 2. The van der Waals surface area contributed by atoms with Crippen LogP contribution in [0.4, 0.5) is 0 Å². The average Bonchev–Trinajstić information content (AvgIpc) is 2.28. The van der Waals surface area contributed by atoms with Gasteiger partial charge in [-0.1, -0.05) is 32.9 Å². The molecule has 0 fully saturated rings. The summed E-state index contributed by atoms with van der Waals surface area (Å²) < 4.78 is 5.14. The molecule has 2 N–H and O–H groups in total. The van der Waals surface area contributed by atoms with Crippen LogP contribution in [0.5, 0.6) is 5.75 Å². The van der Waals surface area contributed by atoms with Gasteiger partial charge in [-0.15, -0.1) is 0 Å². The third-order valence-electron chi connectivity index (χ3n) is 3.07. The highest BCUT2D eigenvalue weighted by molar-refractivity contribution is 5.28. The smallest absolute Gasteiger partial charge is 0.118 e. The topological polar surface area (TPSA) is 35.2 Å². The van der Waals surface area contributed by atoms with Crippen molar-refractivity contribution in [3.8, 4) is 5.75 Å². The number of methoxy groups -OCH3 is 1. The Morgan fingerprint density at radius 1 is 1.06 bits per heavy atom. The van der Waals surface area contributed by atoms with Crippen molar-refractivity contribution in [2.45, 2.75) is 39.7 Å². The molecule has 17 heavy (non-hydrogen) atoms. The Morgan fingerprint density at radius 2 is 1.65 bits per heavy atom. The van der Waals surface area contributed by atoms with Crippen molar-refractivity contribution < 1.29 is 4.74 Å². The van der Waals surface area contributed by atoms with Gasteiger partial charge in [-0.2, -0.15) is 0 Å². The van der Waals surface area contributed by atoms with Crippen LogP contribution in [0.3, 0.4) is 0 Å². The molecule has 2 unspecified atom stereocenters. The van der Waals surface area contributed by atoms with Crippen LogP contribution >= 0.6 is 0 Å². The monoisotopic (exact) mass is 235 g/mol. The predicted octanol–water partition coefficient (Wildman–Crippen LogP) is 3.77. The summed E-state index contributed by atoms with van der Waals surface area (Å²) in [6.45, 7) is 6.80. The molecular formula is C15H25NO. The predicted molar refractivity (Wildman–Crippen MR) is 73.2 cm³/mol. The summed E-state index contributed by atoms with van der Waals surface area (Å²) in [5.74, 6) is 2.30. The van der Waals surface area contributed by atoms with E-state index in [4.69, 9.17) is 10.5 Å². The highest BCUT2D eigenvalue weighted by Gasteiger charge is 2.12. The lowest BCUT2D eigenvalue weighted by Gasteiger charge is -2.19. The second kappa shape index (κ2) is 6.65. The normalized spacial score (nSPS) is 14.7. The molecule has 0 saturated carbocycles. The van der Waals surface area contributed by atoms with Crippen LogP contribution < -0.4 is 10.5 Å². The fourth-order valence-electron chi connectivity index (χ4n) is 2.32. The molecule has 0 radical (unpaired) electrons. The van der Waals surface area contributed by atoms with Crippen molar-refractivity contribution in [3.63, 3.8) is 0 Å². The van der Waals surface area contributed by atoms with Crippen LogP contribution in [0.2, 0.25) is 0 Å². The van der Waals surface area contributed by atoms with Crippen molar-refractivity contribution in [1.82, 2.24) is 0 Å². The first-order valence-electron chi connectivity index (χ1n) is 6.42. The summed E-state index contributed by atoms with van der Waals surface area (Å²) in [5.41, 5.74) is 7.42. The van der Waals surface area contributed by atoms with Crippen LogP contribution in [0, 0.1) is 11.8 Å². The largest absolute Gasteiger partial charge is 0.497 e. The molecule has 1 rings (SSSR count). The van der Waals surface area contributed by atoms with Crippen molar-refractivity contribution in [3.05, 3.63) is 29.8 Å². The number of nitrogens with two attached hydrogens (primary N) is 1. The molecule has 0 heterocycles. The summed E-state index contributed by atoms with van der Waals surface area (Å²) >= 11 is 0. The number of ether oxygens (including phenoxy) is 1. The second-order valence-corrected chi connectivity index (χ2v) is 5.35. The van der Waals surface area contributed by atoms with E-state index in [9.17, 15) is 0 Å². The van der Waals surface area contributed by atoms with Gasteiger partial charge >= 0.3 is 0 Å². The molecule has 0 saturated heterocycles. The summed E-state index contributed by atoms with van der Waals surface area (Å²) in [6.07, 6.45) is 2.29. The molecule has 0 aliphatic heterocycles. The Kier molecular flexibility index (Phi) is 5.49. The summed E-state index contributed by atoms with van der Waals surface area (Å²) in [4.78, 5) is 0. The molecule has 96 valence electrons. The standard InChI is InChI=1S/C15H25NO/c1-11(2)9-12(3)10-15(16)13-5-7-14(17-4)8-6-13/h5-8,11-12,15H,9-10,16H2,1-4H3. The third kappa shape index (κ3) is 4.78. The third-order valence-corrected chi connectivity index (χ3v) is 3.07. The molecule has 2 atom stereocenters. The van der Waals surface area contributed by atoms with Gasteiger partial charge in [0.1, 0.15) is 5.75 Å². The van der Waals surface area contributed by atoms with Crippen LogP contribution in [-0.4, -0.2) is 7.11 Å². The lowest BCUT2D eigenvalue weighted by atomic mass is 9.90. The van der Waals surface area contributed by atoms with Crippen molar-refractivity contribution in [2.75, 3.05) is 7.11 Å². The zero-order valence-electron chi connectivity index (χ0n) is 11.4. The van der Waals surface area contributed by atoms with Crippen molar-refractivity contribution >= 4 is 0 Å². The molecular weight excluding hydrogens is 210 g/mol. The van der Waals surface area contributed by atoms with Gasteiger partial charge in [-0.25, -0.2) is 0 Å². The summed E-state index contributed by atoms with van der Waals surface area (Å²) in [7, 11) is 1.68. The molecule has 1 aromatic carbocycles. The van der Waals surface area contributed by atoms with E-state index in [1.54, 1.807) is 7.11 Å². The Morgan fingerprint density at radius 3 is 2.12 bits per heavy atom. The van der Waals surface area contributed by atoms with Crippen LogP contribution in [0.1, 0.15) is 45.2 Å². The van der Waals surface area contributed by atoms with Gasteiger partial charge in [0.2, 0.25) is 0 Å². The summed E-state index contributed by atoms with van der Waals surface area (Å²) in [5, 5.41) is 0. The highest BCUT2D eigenvalue weighted by Crippen LogP contribution is 2.24. The zero-order valence-corrected chi connectivity index (χ0v) is 11.4. The lowest BCUT2D eigenvalue weighted by Crippen LogP contribution is -2.15. The number of hydrogen-bond donors (Lipinski definition) is 1. The highest BCUT2D eigenvalue weighted by atomic mass is 16.5. The van der Waals surface area contributed by atoms with Crippen LogP contribution in [0.25, 0.3) is 0 Å². The molecule has 1 aromatic rings. The maximum atomic E-state index is 6.22. The fraction of sp³-hybridized carbons (Fsp3) is 0.600. The van der Waals surface area contributed by atoms with Gasteiger partial charge in [-0.05, 0) is 42.4 Å². The van der Waals surface area contributed by atoms with Gasteiger partial charge in [-0.3, -0.25) is 0 Å². The SMILES string of the molecule is COc1ccc(C(N)CC(C)CC(C)C)cc1. The lowest BCUT2D eigenvalue weighted by molar-refractivity contribution is 0.387. The fourth-order valence-corrected chi connectivity index (χ4v) is 2.32. The van der Waals surface area contributed by atoms with Gasteiger partial charge in [0, 0.05) is 6.04 Å². The van der Waals surface area contributed by atoms with Gasteiger partial charge < -0.3 is 10.5 Å². The minimum absolute atomic E-state index is 0.134. The molecule has 0 aliphatic carbocycles. The van der Waals surface area contributed by atoms with E-state index >= 15 is 0 Å². The first kappa shape index (κ1) is 14.0. The van der Waals surface area contributed by atoms with E-state index in [0.717, 1.165) is 18.1 Å². The minimum Gasteiger partial charge on any atom is -0.497 e. The zero-order chi connectivity index (χ0) is 12.8. The minimum atomic E-state index is 0.134. The van der Waals surface area contributed by atoms with E-state index in [1.165, 1.54) is 12.0 Å². The quantitative estimate of drug-likeness (QED) is 0.814.